The molecule has 8 heteroatoms. The Kier molecular flexibility index (Phi) is 6.62. The van der Waals surface area contributed by atoms with Crippen LogP contribution in [-0.4, -0.2) is 58.3 Å². The molecule has 7 nitrogen and oxygen atoms in total. The van der Waals surface area contributed by atoms with Gasteiger partial charge in [0.1, 0.15) is 5.69 Å². The Labute approximate surface area is 181 Å². The lowest BCUT2D eigenvalue weighted by atomic mass is 9.80. The van der Waals surface area contributed by atoms with Gasteiger partial charge in [-0.25, -0.2) is 4.79 Å². The highest BCUT2D eigenvalue weighted by Crippen LogP contribution is 2.32. The number of nitrogens with zero attached hydrogens (tertiary/aromatic N) is 1. The largest absolute Gasteiger partial charge is 0.465 e. The van der Waals surface area contributed by atoms with E-state index in [4.69, 9.17) is 16.3 Å². The molecule has 3 N–H and O–H groups in total. The van der Waals surface area contributed by atoms with Crippen molar-refractivity contribution in [3.05, 3.63) is 35.0 Å². The van der Waals surface area contributed by atoms with Crippen molar-refractivity contribution in [3.8, 4) is 0 Å². The van der Waals surface area contributed by atoms with Gasteiger partial charge in [0.15, 0.2) is 0 Å². The van der Waals surface area contributed by atoms with E-state index >= 15 is 0 Å². The second-order valence-corrected chi connectivity index (χ2v) is 9.46. The number of aromatic nitrogens is 1. The van der Waals surface area contributed by atoms with E-state index in [-0.39, 0.29) is 23.9 Å². The number of nitrogens with one attached hydrogen (secondary N) is 2. The summed E-state index contributed by atoms with van der Waals surface area (Å²) in [5.74, 6) is 0.00864. The summed E-state index contributed by atoms with van der Waals surface area (Å²) in [6.45, 7) is 6.21. The molecule has 164 valence electrons. The number of methoxy groups -OCH3 is 1. The van der Waals surface area contributed by atoms with Crippen molar-refractivity contribution >= 4 is 34.5 Å². The van der Waals surface area contributed by atoms with E-state index in [0.29, 0.717) is 30.2 Å². The van der Waals surface area contributed by atoms with Crippen LogP contribution in [0.4, 0.5) is 4.79 Å². The molecule has 0 saturated heterocycles. The van der Waals surface area contributed by atoms with Gasteiger partial charge in [-0.3, -0.25) is 9.69 Å². The Balaban J connectivity index is 1.84. The second kappa shape index (κ2) is 8.86. The maximum Gasteiger partial charge on any atom is 0.408 e. The number of halogens is 1. The number of benzene rings is 1. The number of aromatic amines is 1. The Morgan fingerprint density at radius 2 is 2.03 bits per heavy atom. The fourth-order valence-electron chi connectivity index (χ4n) is 4.47. The van der Waals surface area contributed by atoms with Crippen LogP contribution in [0.3, 0.4) is 0 Å². The monoisotopic (exact) mass is 435 g/mol. The van der Waals surface area contributed by atoms with Crippen LogP contribution in [0.5, 0.6) is 0 Å². The summed E-state index contributed by atoms with van der Waals surface area (Å²) in [7, 11) is 1.66. The minimum atomic E-state index is -0.981. The minimum Gasteiger partial charge on any atom is -0.465 e. The SMILES string of the molecule is COC[C@H]1CC[C@H](NC(=O)c2cc3cc(Cl)ccc3[nH]2)[C@H](N(C(=O)O)C(C)(C)C)C1. The summed E-state index contributed by atoms with van der Waals surface area (Å²) in [4.78, 5) is 29.7. The number of amides is 2. The van der Waals surface area contributed by atoms with Gasteiger partial charge < -0.3 is 20.1 Å². The summed E-state index contributed by atoms with van der Waals surface area (Å²) >= 11 is 6.04. The van der Waals surface area contributed by atoms with E-state index in [0.717, 1.165) is 17.3 Å². The van der Waals surface area contributed by atoms with Crippen molar-refractivity contribution in [1.29, 1.82) is 0 Å². The van der Waals surface area contributed by atoms with Gasteiger partial charge in [0.2, 0.25) is 0 Å². The van der Waals surface area contributed by atoms with E-state index in [1.165, 1.54) is 4.90 Å². The molecule has 1 aromatic heterocycles. The summed E-state index contributed by atoms with van der Waals surface area (Å²) < 4.78 is 5.32. The van der Waals surface area contributed by atoms with Crippen LogP contribution in [0.15, 0.2) is 24.3 Å². The molecule has 30 heavy (non-hydrogen) atoms. The van der Waals surface area contributed by atoms with E-state index in [1.807, 2.05) is 26.8 Å². The first-order valence-corrected chi connectivity index (χ1v) is 10.6. The molecule has 0 unspecified atom stereocenters. The summed E-state index contributed by atoms with van der Waals surface area (Å²) in [5.41, 5.74) is 0.668. The summed E-state index contributed by atoms with van der Waals surface area (Å²) in [6, 6.07) is 6.55. The van der Waals surface area contributed by atoms with Gasteiger partial charge in [0.25, 0.3) is 5.91 Å². The topological polar surface area (TPSA) is 94.7 Å². The average Bonchev–Trinajstić information content (AvgIpc) is 3.06. The zero-order valence-electron chi connectivity index (χ0n) is 17.9. The Bertz CT molecular complexity index is 921. The lowest BCUT2D eigenvalue weighted by molar-refractivity contribution is 0.0181. The van der Waals surface area contributed by atoms with Gasteiger partial charge in [0, 0.05) is 41.2 Å². The molecule has 0 bridgehead atoms. The molecule has 0 spiro atoms. The zero-order valence-corrected chi connectivity index (χ0v) is 18.6. The van der Waals surface area contributed by atoms with Gasteiger partial charge in [-0.1, -0.05) is 11.6 Å². The van der Waals surface area contributed by atoms with E-state index < -0.39 is 11.6 Å². The number of hydrogen-bond donors (Lipinski definition) is 3. The van der Waals surface area contributed by atoms with Gasteiger partial charge in [-0.15, -0.1) is 0 Å². The molecular weight excluding hydrogens is 406 g/mol. The van der Waals surface area contributed by atoms with E-state index in [2.05, 4.69) is 10.3 Å². The Morgan fingerprint density at radius 3 is 2.67 bits per heavy atom. The first kappa shape index (κ1) is 22.4. The van der Waals surface area contributed by atoms with Crippen LogP contribution in [0, 0.1) is 5.92 Å². The van der Waals surface area contributed by atoms with E-state index in [9.17, 15) is 14.7 Å². The lowest BCUT2D eigenvalue weighted by Crippen LogP contribution is -2.61. The number of rotatable bonds is 5. The average molecular weight is 436 g/mol. The molecule has 0 radical (unpaired) electrons. The molecule has 1 saturated carbocycles. The molecule has 0 aliphatic heterocycles. The fourth-order valence-corrected chi connectivity index (χ4v) is 4.65. The smallest absolute Gasteiger partial charge is 0.408 e. The standard InChI is InChI=1S/C22H30ClN3O4/c1-22(2,3)26(21(28)29)19-9-13(12-30-4)5-7-17(19)25-20(27)18-11-14-10-15(23)6-8-16(14)24-18/h6,8,10-11,13,17,19,24H,5,7,9,12H2,1-4H3,(H,25,27)(H,28,29)/t13-,17-,19+/m0/s1. The van der Waals surface area contributed by atoms with Crippen LogP contribution in [0.1, 0.15) is 50.5 Å². The number of H-pyrrole nitrogens is 1. The molecule has 3 atom stereocenters. The van der Waals surface area contributed by atoms with Gasteiger partial charge >= 0.3 is 6.09 Å². The van der Waals surface area contributed by atoms with Gasteiger partial charge in [-0.05, 0) is 70.2 Å². The van der Waals surface area contributed by atoms with Crippen LogP contribution >= 0.6 is 11.6 Å². The second-order valence-electron chi connectivity index (χ2n) is 9.02. The lowest BCUT2D eigenvalue weighted by Gasteiger charge is -2.47. The number of ether oxygens (including phenoxy) is 1. The third-order valence-corrected chi connectivity index (χ3v) is 5.97. The highest BCUT2D eigenvalue weighted by atomic mass is 35.5. The van der Waals surface area contributed by atoms with Crippen molar-refractivity contribution in [2.45, 2.75) is 57.7 Å². The summed E-state index contributed by atoms with van der Waals surface area (Å²) in [6.07, 6.45) is 1.22. The number of fused-ring (bicyclic) bond motifs is 1. The Hall–Kier alpha value is -2.25. The van der Waals surface area contributed by atoms with Crippen LogP contribution in [0.2, 0.25) is 5.02 Å². The molecule has 2 amide bonds. The first-order valence-electron chi connectivity index (χ1n) is 10.2. The maximum absolute atomic E-state index is 13.0. The number of carbonyl (C=O) groups excluding carboxylic acids is 1. The molecule has 3 rings (SSSR count). The third kappa shape index (κ3) is 4.90. The minimum absolute atomic E-state index is 0.248. The fraction of sp³-hybridized carbons (Fsp3) is 0.545. The normalized spacial score (nSPS) is 22.1. The van der Waals surface area contributed by atoms with Crippen molar-refractivity contribution in [2.75, 3.05) is 13.7 Å². The number of carboxylic acid groups (broad SMARTS) is 1. The van der Waals surface area contributed by atoms with Crippen LogP contribution < -0.4 is 5.32 Å². The number of carbonyl (C=O) groups is 2. The van der Waals surface area contributed by atoms with Crippen LogP contribution in [-0.2, 0) is 4.74 Å². The van der Waals surface area contributed by atoms with Crippen molar-refractivity contribution < 1.29 is 19.4 Å². The number of hydrogen-bond acceptors (Lipinski definition) is 3. The molecule has 1 aliphatic carbocycles. The maximum atomic E-state index is 13.0. The van der Waals surface area contributed by atoms with Crippen molar-refractivity contribution in [1.82, 2.24) is 15.2 Å². The molecule has 1 fully saturated rings. The molecule has 1 aliphatic rings. The zero-order chi connectivity index (χ0) is 22.1. The molecule has 1 heterocycles. The predicted octanol–water partition coefficient (Wildman–Crippen LogP) is 4.51. The van der Waals surface area contributed by atoms with E-state index in [1.54, 1.807) is 25.3 Å². The highest BCUT2D eigenvalue weighted by Gasteiger charge is 2.42. The molecule has 1 aromatic carbocycles. The summed E-state index contributed by atoms with van der Waals surface area (Å²) in [5, 5.41) is 14.5. The highest BCUT2D eigenvalue weighted by molar-refractivity contribution is 6.31. The third-order valence-electron chi connectivity index (χ3n) is 5.73. The first-order chi connectivity index (χ1) is 14.1. The van der Waals surface area contributed by atoms with Crippen LogP contribution in [0.25, 0.3) is 10.9 Å². The molecular formula is C22H30ClN3O4. The van der Waals surface area contributed by atoms with Gasteiger partial charge in [0.05, 0.1) is 6.04 Å². The van der Waals surface area contributed by atoms with Crippen molar-refractivity contribution in [2.24, 2.45) is 5.92 Å². The van der Waals surface area contributed by atoms with Crippen molar-refractivity contribution in [3.63, 3.8) is 0 Å². The predicted molar refractivity (Wildman–Crippen MR) is 117 cm³/mol. The quantitative estimate of drug-likeness (QED) is 0.643. The Morgan fingerprint density at radius 1 is 1.30 bits per heavy atom. The molecule has 2 aromatic rings. The van der Waals surface area contributed by atoms with Gasteiger partial charge in [-0.2, -0.15) is 0 Å².